The minimum absolute atomic E-state index is 0. The molecule has 1 radical (unpaired) electrons. The molecule has 7 aromatic carbocycles. The molecule has 0 unspecified atom stereocenters. The van der Waals surface area contributed by atoms with Gasteiger partial charge in [-0.25, -0.2) is 4.98 Å². The van der Waals surface area contributed by atoms with Crippen LogP contribution in [0, 0.1) is 19.0 Å². The van der Waals surface area contributed by atoms with Crippen molar-refractivity contribution < 1.29 is 33.1 Å². The molecule has 0 aliphatic heterocycles. The molecule has 12 aromatic rings. The van der Waals surface area contributed by atoms with Crippen LogP contribution in [0.3, 0.4) is 0 Å². The molecule has 6 nitrogen and oxygen atoms in total. The number of pyridine rings is 2. The van der Waals surface area contributed by atoms with Gasteiger partial charge in [0.05, 0.1) is 27.8 Å². The van der Waals surface area contributed by atoms with Crippen molar-refractivity contribution >= 4 is 65.9 Å². The molecule has 12 rings (SSSR count). The molecule has 0 saturated carbocycles. The number of imidazole rings is 1. The minimum Gasteiger partial charge on any atom is -0.499 e. The van der Waals surface area contributed by atoms with Gasteiger partial charge in [-0.1, -0.05) is 146 Å². The predicted molar refractivity (Wildman–Crippen MR) is 281 cm³/mol. The average molecular weight is 1080 g/mol. The Labute approximate surface area is 420 Å². The quantitative estimate of drug-likeness (QED) is 0.155. The van der Waals surface area contributed by atoms with E-state index < -0.39 is 6.85 Å². The van der Waals surface area contributed by atoms with E-state index in [2.05, 4.69) is 155 Å². The van der Waals surface area contributed by atoms with Gasteiger partial charge in [0, 0.05) is 46.9 Å². The molecular formula is C62H52IrN4O2-2. The zero-order valence-electron chi connectivity index (χ0n) is 42.6. The van der Waals surface area contributed by atoms with Crippen molar-refractivity contribution in [3.8, 4) is 39.5 Å². The van der Waals surface area contributed by atoms with E-state index in [1.807, 2.05) is 66.9 Å². The zero-order chi connectivity index (χ0) is 49.3. The van der Waals surface area contributed by atoms with E-state index in [1.165, 1.54) is 16.7 Å². The van der Waals surface area contributed by atoms with Crippen LogP contribution in [0.5, 0.6) is 0 Å². The second-order valence-corrected chi connectivity index (χ2v) is 19.2. The summed E-state index contributed by atoms with van der Waals surface area (Å²) in [5, 5.41) is 4.26. The van der Waals surface area contributed by atoms with Crippen molar-refractivity contribution in [3.05, 3.63) is 192 Å². The van der Waals surface area contributed by atoms with Crippen molar-refractivity contribution in [1.82, 2.24) is 19.5 Å². The van der Waals surface area contributed by atoms with E-state index in [-0.39, 0.29) is 42.9 Å². The van der Waals surface area contributed by atoms with Gasteiger partial charge in [-0.3, -0.25) is 4.98 Å². The summed E-state index contributed by atoms with van der Waals surface area (Å²) in [5.41, 5.74) is 14.0. The number of aryl methyl sites for hydroxylation is 1. The van der Waals surface area contributed by atoms with Crippen LogP contribution in [0.2, 0.25) is 0 Å². The Morgan fingerprint density at radius 3 is 2.12 bits per heavy atom. The molecule has 0 aliphatic rings. The Hall–Kier alpha value is -7.18. The first kappa shape index (κ1) is 42.0. The van der Waals surface area contributed by atoms with Gasteiger partial charge in [0.25, 0.3) is 0 Å². The van der Waals surface area contributed by atoms with Gasteiger partial charge in [0.15, 0.2) is 0 Å². The van der Waals surface area contributed by atoms with Crippen LogP contribution in [-0.4, -0.2) is 19.5 Å². The third-order valence-electron chi connectivity index (χ3n) is 13.0. The number of benzene rings is 7. The number of aromatic nitrogens is 4. The zero-order valence-corrected chi connectivity index (χ0v) is 42.0. The molecular weight excluding hydrogens is 1020 g/mol. The number of para-hydroxylation sites is 1. The van der Waals surface area contributed by atoms with Gasteiger partial charge in [-0.2, -0.15) is 0 Å². The number of fused-ring (bicyclic) bond motifs is 9. The van der Waals surface area contributed by atoms with Crippen LogP contribution in [0.15, 0.2) is 167 Å². The van der Waals surface area contributed by atoms with Gasteiger partial charge in [-0.05, 0) is 97.9 Å². The molecule has 0 N–H and O–H groups in total. The summed E-state index contributed by atoms with van der Waals surface area (Å²) >= 11 is 0. The fraction of sp³-hybridized carbons (Fsp3) is 0.177. The Morgan fingerprint density at radius 2 is 1.39 bits per heavy atom. The molecule has 0 fully saturated rings. The smallest absolute Gasteiger partial charge is 0.228 e. The van der Waals surface area contributed by atoms with E-state index in [0.29, 0.717) is 44.8 Å². The largest absolute Gasteiger partial charge is 0.499 e. The Morgan fingerprint density at radius 1 is 0.667 bits per heavy atom. The van der Waals surface area contributed by atoms with Gasteiger partial charge < -0.3 is 18.4 Å². The standard InChI is InChI=1S/C47H36N3O2.C15H16N.Ir/c1-26(2)35-23-31(29-13-7-6-8-14-29)24-36(27(3)4)43(35)50-44-32-16-10-9-15-30(32)20-22-38(44)48-46(50)34-21-19-28(5)41-42-40(51-45(34)41)25-37-33-17-11-12-18-39(33)52-47(37)49-42;1-15(2,3)13-9-10-16-14(11-13)12-7-5-4-6-8-12;/h6-20,22-27H,1-5H3;4-7,9-11H,1-3H3;/q2*-1;/i5D3;;. The van der Waals surface area contributed by atoms with Gasteiger partial charge in [0.1, 0.15) is 16.7 Å². The molecule has 7 heteroatoms. The maximum absolute atomic E-state index is 8.59. The van der Waals surface area contributed by atoms with Crippen LogP contribution < -0.4 is 0 Å². The summed E-state index contributed by atoms with van der Waals surface area (Å²) in [6.45, 7) is 13.1. The van der Waals surface area contributed by atoms with Crippen LogP contribution in [0.4, 0.5) is 0 Å². The summed E-state index contributed by atoms with van der Waals surface area (Å²) in [5.74, 6) is 0.913. The van der Waals surface area contributed by atoms with E-state index in [0.717, 1.165) is 60.6 Å². The number of furan rings is 2. The number of hydrogen-bond donors (Lipinski definition) is 0. The SMILES string of the molecule is CC(C)(C)c1ccnc(-c2[c-]cccc2)c1.[2H]C([2H])([2H])c1c[c-]c(-c2nc3ccc4ccccc4c3n2-c2c(C(C)C)cc(-c3ccccc3)cc2C(C)C)c2oc3cc4c(nc3c12)oc1ccccc14.[Ir]. The van der Waals surface area contributed by atoms with Crippen molar-refractivity contribution in [3.63, 3.8) is 0 Å². The third-order valence-corrected chi connectivity index (χ3v) is 13.0. The molecule has 0 aliphatic carbocycles. The second kappa shape index (κ2) is 18.0. The fourth-order valence-electron chi connectivity index (χ4n) is 9.47. The van der Waals surface area contributed by atoms with Crippen molar-refractivity contribution in [1.29, 1.82) is 0 Å². The molecule has 0 saturated heterocycles. The second-order valence-electron chi connectivity index (χ2n) is 19.2. The maximum atomic E-state index is 8.59. The van der Waals surface area contributed by atoms with Crippen LogP contribution in [-0.2, 0) is 25.5 Å². The predicted octanol–water partition coefficient (Wildman–Crippen LogP) is 16.9. The van der Waals surface area contributed by atoms with Gasteiger partial charge >= 0.3 is 0 Å². The molecule has 5 heterocycles. The van der Waals surface area contributed by atoms with Crippen LogP contribution in [0.1, 0.15) is 86.7 Å². The molecule has 0 spiro atoms. The Balaban J connectivity index is 0.000000300. The molecule has 69 heavy (non-hydrogen) atoms. The molecule has 0 atom stereocenters. The summed E-state index contributed by atoms with van der Waals surface area (Å²) < 4.78 is 41.0. The molecule has 0 bridgehead atoms. The Bertz CT molecular complexity index is 3950. The topological polar surface area (TPSA) is 69.9 Å². The number of hydrogen-bond acceptors (Lipinski definition) is 5. The first-order valence-electron chi connectivity index (χ1n) is 24.8. The van der Waals surface area contributed by atoms with Crippen molar-refractivity contribution in [2.45, 2.75) is 72.6 Å². The summed E-state index contributed by atoms with van der Waals surface area (Å²) in [4.78, 5) is 14.7. The third kappa shape index (κ3) is 8.14. The Kier molecular flexibility index (Phi) is 11.0. The average Bonchev–Trinajstić information content (AvgIpc) is 4.06. The number of rotatable bonds is 6. The normalized spacial score (nSPS) is 12.7. The molecule has 343 valence electrons. The molecule has 0 amide bonds. The van der Waals surface area contributed by atoms with Crippen molar-refractivity contribution in [2.24, 2.45) is 0 Å². The van der Waals surface area contributed by atoms with Crippen molar-refractivity contribution in [2.75, 3.05) is 0 Å². The minimum atomic E-state index is -2.46. The first-order chi connectivity index (χ1) is 34.1. The van der Waals surface area contributed by atoms with E-state index in [1.54, 1.807) is 6.07 Å². The summed E-state index contributed by atoms with van der Waals surface area (Å²) in [6.07, 6.45) is 1.87. The summed E-state index contributed by atoms with van der Waals surface area (Å²) in [7, 11) is 0. The maximum Gasteiger partial charge on any atom is 0.228 e. The van der Waals surface area contributed by atoms with E-state index >= 15 is 0 Å². The van der Waals surface area contributed by atoms with Gasteiger partial charge in [-0.15, -0.1) is 53.6 Å². The van der Waals surface area contributed by atoms with Crippen LogP contribution >= 0.6 is 0 Å². The first-order valence-corrected chi connectivity index (χ1v) is 23.3. The van der Waals surface area contributed by atoms with E-state index in [9.17, 15) is 0 Å². The van der Waals surface area contributed by atoms with E-state index in [4.69, 9.17) is 22.9 Å². The molecule has 5 aromatic heterocycles. The van der Waals surface area contributed by atoms with Gasteiger partial charge in [0.2, 0.25) is 5.71 Å². The number of nitrogens with zero attached hydrogens (tertiary/aromatic N) is 4. The fourth-order valence-corrected chi connectivity index (χ4v) is 9.47. The summed E-state index contributed by atoms with van der Waals surface area (Å²) in [6, 6.07) is 57.6. The van der Waals surface area contributed by atoms with Crippen LogP contribution in [0.25, 0.3) is 105 Å². The monoisotopic (exact) mass is 1080 g/mol.